The molecule has 0 spiro atoms. The van der Waals surface area contributed by atoms with E-state index in [1.165, 1.54) is 32.1 Å². The number of piperidine rings is 1. The molecule has 1 aliphatic carbocycles. The lowest BCUT2D eigenvalue weighted by Gasteiger charge is -2.34. The van der Waals surface area contributed by atoms with Crippen molar-refractivity contribution in [3.63, 3.8) is 0 Å². The number of hydrogen-bond acceptors (Lipinski definition) is 7. The molecule has 0 bridgehead atoms. The van der Waals surface area contributed by atoms with Crippen LogP contribution in [-0.2, 0) is 27.4 Å². The molecule has 0 unspecified atom stereocenters. The molecule has 3 heterocycles. The molecule has 2 fully saturated rings. The summed E-state index contributed by atoms with van der Waals surface area (Å²) >= 11 is 0. The van der Waals surface area contributed by atoms with Crippen LogP contribution in [0.15, 0.2) is 75.5 Å². The third kappa shape index (κ3) is 12.5. The monoisotopic (exact) mass is 802 g/mol. The van der Waals surface area contributed by atoms with E-state index in [1.807, 2.05) is 53.0 Å². The van der Waals surface area contributed by atoms with Crippen LogP contribution in [0.4, 0.5) is 0 Å². The number of rotatable bonds is 14. The highest BCUT2D eigenvalue weighted by molar-refractivity contribution is 7.89. The number of hydrogen-bond donors (Lipinski definition) is 5. The second-order valence-corrected chi connectivity index (χ2v) is 19.7. The molecule has 312 valence electrons. The Kier molecular flexibility index (Phi) is 15.2. The highest BCUT2D eigenvalue weighted by Crippen LogP contribution is 2.31. The molecule has 6 rings (SSSR count). The molecule has 7 N–H and O–H groups in total. The first-order chi connectivity index (χ1) is 27.0. The molecule has 57 heavy (non-hydrogen) atoms. The summed E-state index contributed by atoms with van der Waals surface area (Å²) < 4.78 is 30.7. The number of sulfonamides is 1. The van der Waals surface area contributed by atoms with Crippen molar-refractivity contribution < 1.29 is 8.42 Å². The van der Waals surface area contributed by atoms with Crippen LogP contribution in [0.2, 0.25) is 0 Å². The van der Waals surface area contributed by atoms with Crippen molar-refractivity contribution in [3.8, 4) is 5.69 Å². The van der Waals surface area contributed by atoms with E-state index < -0.39 is 10.0 Å². The molecule has 12 nitrogen and oxygen atoms in total. The summed E-state index contributed by atoms with van der Waals surface area (Å²) in [6, 6.07) is 17.6. The normalized spacial score (nSPS) is 15.8. The van der Waals surface area contributed by atoms with Gasteiger partial charge >= 0.3 is 5.69 Å². The minimum absolute atomic E-state index is 0.0352. The summed E-state index contributed by atoms with van der Waals surface area (Å²) in [6.45, 7) is 17.4. The van der Waals surface area contributed by atoms with Gasteiger partial charge in [0.1, 0.15) is 5.65 Å². The number of guanidine groups is 1. The molecular weight excluding hydrogens is 735 g/mol. The Labute approximate surface area is 340 Å². The first-order valence-corrected chi connectivity index (χ1v) is 22.3. The number of aliphatic imine (C=N–C) groups is 1. The third-order valence-electron chi connectivity index (χ3n) is 11.2. The molecule has 0 radical (unpaired) electrons. The van der Waals surface area contributed by atoms with Crippen LogP contribution in [0.25, 0.3) is 16.7 Å². The van der Waals surface area contributed by atoms with Gasteiger partial charge in [0.05, 0.1) is 10.6 Å². The maximum Gasteiger partial charge on any atom is 0.354 e. The lowest BCUT2D eigenvalue weighted by atomic mass is 9.87. The quantitative estimate of drug-likeness (QED) is 0.0548. The molecule has 1 saturated heterocycles. The van der Waals surface area contributed by atoms with Gasteiger partial charge in [-0.25, -0.2) is 13.2 Å². The summed E-state index contributed by atoms with van der Waals surface area (Å²) in [5.74, 6) is 0.930. The van der Waals surface area contributed by atoms with Crippen LogP contribution in [0.3, 0.4) is 0 Å². The van der Waals surface area contributed by atoms with Gasteiger partial charge in [-0.15, -0.1) is 0 Å². The molecule has 1 saturated carbocycles. The molecule has 2 aromatic carbocycles. The van der Waals surface area contributed by atoms with Crippen LogP contribution >= 0.6 is 0 Å². The number of nitrogens with zero attached hydrogens (tertiary/aromatic N) is 4. The molecule has 13 heteroatoms. The van der Waals surface area contributed by atoms with Gasteiger partial charge in [-0.2, -0.15) is 9.29 Å². The van der Waals surface area contributed by atoms with Crippen molar-refractivity contribution in [2.24, 2.45) is 22.4 Å². The summed E-state index contributed by atoms with van der Waals surface area (Å²) in [5, 5.41) is 7.64. The van der Waals surface area contributed by atoms with Crippen molar-refractivity contribution in [3.05, 3.63) is 88.1 Å². The van der Waals surface area contributed by atoms with E-state index >= 15 is 0 Å². The van der Waals surface area contributed by atoms with Crippen LogP contribution < -0.4 is 27.8 Å². The highest BCUT2D eigenvalue weighted by Gasteiger charge is 2.33. The molecule has 2 aliphatic rings. The van der Waals surface area contributed by atoms with E-state index in [1.54, 1.807) is 10.6 Å². The Morgan fingerprint density at radius 3 is 2.30 bits per heavy atom. The highest BCUT2D eigenvalue weighted by atomic mass is 32.2. The Morgan fingerprint density at radius 2 is 1.65 bits per heavy atom. The SMILES string of the molecule is CC(C)(C)c1cc2cn(-c3ccc(CNCCCN=C(N)N)cc3)c(=O)nc2[nH]1.CC(C)(C)c1cccc(S(=O)(=O)N(CCCC2CCCC2)C2CCNCC2)c1. The fraction of sp³-hybridized carbons (Fsp3) is 0.568. The topological polar surface area (TPSA) is 177 Å². The van der Waals surface area contributed by atoms with E-state index in [4.69, 9.17) is 11.5 Å². The van der Waals surface area contributed by atoms with Crippen molar-refractivity contribution in [1.82, 2.24) is 29.5 Å². The Morgan fingerprint density at radius 1 is 0.947 bits per heavy atom. The maximum absolute atomic E-state index is 13.6. The van der Waals surface area contributed by atoms with Gasteiger partial charge in [-0.1, -0.05) is 91.5 Å². The molecule has 0 amide bonds. The van der Waals surface area contributed by atoms with Gasteiger partial charge in [0.25, 0.3) is 0 Å². The minimum Gasteiger partial charge on any atom is -0.370 e. The average Bonchev–Trinajstić information content (AvgIpc) is 3.85. The smallest absolute Gasteiger partial charge is 0.354 e. The maximum atomic E-state index is 13.6. The van der Waals surface area contributed by atoms with Crippen LogP contribution in [0, 0.1) is 5.92 Å². The summed E-state index contributed by atoms with van der Waals surface area (Å²) in [7, 11) is -3.47. The van der Waals surface area contributed by atoms with E-state index in [9.17, 15) is 13.2 Å². The first kappa shape index (κ1) is 44.1. The molecule has 4 aromatic rings. The van der Waals surface area contributed by atoms with E-state index in [2.05, 4.69) is 73.2 Å². The minimum atomic E-state index is -3.47. The summed E-state index contributed by atoms with van der Waals surface area (Å²) in [5.41, 5.74) is 14.9. The zero-order valence-corrected chi connectivity index (χ0v) is 35.9. The van der Waals surface area contributed by atoms with Crippen molar-refractivity contribution in [2.45, 2.75) is 128 Å². The Balaban J connectivity index is 0.000000218. The second kappa shape index (κ2) is 19.6. The number of benzene rings is 2. The molecule has 2 aromatic heterocycles. The van der Waals surface area contributed by atoms with Crippen LogP contribution in [-0.4, -0.2) is 72.0 Å². The average molecular weight is 802 g/mol. The van der Waals surface area contributed by atoms with Gasteiger partial charge < -0.3 is 27.1 Å². The standard InChI is InChI=1S/C23H38N2O2S.C21H29N7O/c1-23(2,3)20-11-6-12-22(18-20)28(26,27)25(21-13-15-24-16-14-21)17-7-10-19-8-4-5-9-19;1-21(2,3)17-11-15-13-28(20(29)27-18(15)26-17)16-7-5-14(6-8-16)12-24-9-4-10-25-19(22)23/h6,11-12,18-19,21,24H,4-5,7-10,13-17H2,1-3H3;5-8,11,13,24H,4,9-10,12H2,1-3H3,(H4,22,23,25)(H,26,27,29). The number of nitrogens with one attached hydrogen (secondary N) is 3. The molecule has 1 aliphatic heterocycles. The van der Waals surface area contributed by atoms with E-state index in [0.29, 0.717) is 23.6 Å². The lowest BCUT2D eigenvalue weighted by Crippen LogP contribution is -2.46. The fourth-order valence-electron chi connectivity index (χ4n) is 7.69. The predicted octanol–water partition coefficient (Wildman–Crippen LogP) is 6.46. The zero-order chi connectivity index (χ0) is 41.2. The van der Waals surface area contributed by atoms with Gasteiger partial charge in [-0.3, -0.25) is 9.56 Å². The van der Waals surface area contributed by atoms with Crippen molar-refractivity contribution >= 4 is 27.0 Å². The number of nitrogens with two attached hydrogens (primary N) is 2. The first-order valence-electron chi connectivity index (χ1n) is 20.8. The van der Waals surface area contributed by atoms with Gasteiger partial charge in [0.2, 0.25) is 10.0 Å². The number of H-pyrrole nitrogens is 1. The number of aromatic amines is 1. The van der Waals surface area contributed by atoms with E-state index in [-0.39, 0.29) is 28.5 Å². The Bertz CT molecular complexity index is 2080. The predicted molar refractivity (Wildman–Crippen MR) is 234 cm³/mol. The third-order valence-corrected chi connectivity index (χ3v) is 13.1. The molecule has 0 atom stereocenters. The number of aromatic nitrogens is 3. The summed E-state index contributed by atoms with van der Waals surface area (Å²) in [6.07, 6.45) is 12.0. The van der Waals surface area contributed by atoms with Crippen molar-refractivity contribution in [2.75, 3.05) is 32.7 Å². The van der Waals surface area contributed by atoms with Gasteiger partial charge in [0.15, 0.2) is 5.96 Å². The van der Waals surface area contributed by atoms with E-state index in [0.717, 1.165) is 85.7 Å². The second-order valence-electron chi connectivity index (χ2n) is 17.8. The van der Waals surface area contributed by atoms with Crippen molar-refractivity contribution in [1.29, 1.82) is 0 Å². The fourth-order valence-corrected chi connectivity index (χ4v) is 9.46. The largest absolute Gasteiger partial charge is 0.370 e. The van der Waals surface area contributed by atoms with Gasteiger partial charge in [0, 0.05) is 48.4 Å². The van der Waals surface area contributed by atoms with Crippen LogP contribution in [0.1, 0.15) is 116 Å². The summed E-state index contributed by atoms with van der Waals surface area (Å²) in [4.78, 5) is 24.4. The Hall–Kier alpha value is -4.04. The number of fused-ring (bicyclic) bond motifs is 1. The van der Waals surface area contributed by atoms with Gasteiger partial charge in [-0.05, 0) is 105 Å². The lowest BCUT2D eigenvalue weighted by molar-refractivity contribution is 0.253. The van der Waals surface area contributed by atoms with Crippen LogP contribution in [0.5, 0.6) is 0 Å². The zero-order valence-electron chi connectivity index (χ0n) is 35.1. The molecular formula is C44H67N9O3S.